The Bertz CT molecular complexity index is 581. The SMILES string of the molecule is CC1CCCC2(CSC(Nc3ccc4c(c3)CCC4)=N2)C1. The molecule has 3 aliphatic rings. The molecule has 2 aliphatic carbocycles. The molecule has 1 aromatic rings. The largest absolute Gasteiger partial charge is 0.335 e. The zero-order valence-corrected chi connectivity index (χ0v) is 13.6. The van der Waals surface area contributed by atoms with Gasteiger partial charge in [-0.1, -0.05) is 37.6 Å². The topological polar surface area (TPSA) is 24.4 Å². The second kappa shape index (κ2) is 5.35. The van der Waals surface area contributed by atoms with Crippen LogP contribution in [0.25, 0.3) is 0 Å². The molecule has 1 N–H and O–H groups in total. The van der Waals surface area contributed by atoms with Gasteiger partial charge in [0.15, 0.2) is 5.17 Å². The number of amidine groups is 1. The average molecular weight is 300 g/mol. The summed E-state index contributed by atoms with van der Waals surface area (Å²) in [6, 6.07) is 6.85. The molecular weight excluding hydrogens is 276 g/mol. The lowest BCUT2D eigenvalue weighted by molar-refractivity contribution is 0.266. The summed E-state index contributed by atoms with van der Waals surface area (Å²) in [4.78, 5) is 5.09. The third kappa shape index (κ3) is 2.73. The van der Waals surface area contributed by atoms with Crippen LogP contribution in [0.2, 0.25) is 0 Å². The van der Waals surface area contributed by atoms with Crippen LogP contribution in [0.1, 0.15) is 50.2 Å². The molecule has 1 fully saturated rings. The Hall–Kier alpha value is -0.960. The summed E-state index contributed by atoms with van der Waals surface area (Å²) in [5.41, 5.74) is 4.54. The van der Waals surface area contributed by atoms with E-state index in [1.54, 1.807) is 5.56 Å². The number of anilines is 1. The quantitative estimate of drug-likeness (QED) is 0.817. The minimum Gasteiger partial charge on any atom is -0.335 e. The van der Waals surface area contributed by atoms with E-state index < -0.39 is 0 Å². The van der Waals surface area contributed by atoms with Crippen LogP contribution in [0.4, 0.5) is 5.69 Å². The molecule has 2 atom stereocenters. The molecule has 1 aromatic carbocycles. The third-order valence-electron chi connectivity index (χ3n) is 5.23. The van der Waals surface area contributed by atoms with E-state index in [2.05, 4.69) is 30.4 Å². The van der Waals surface area contributed by atoms with Crippen LogP contribution in [0.15, 0.2) is 23.2 Å². The normalized spacial score (nSPS) is 31.3. The highest BCUT2D eigenvalue weighted by molar-refractivity contribution is 8.14. The number of aryl methyl sites for hydroxylation is 2. The molecule has 0 saturated heterocycles. The summed E-state index contributed by atoms with van der Waals surface area (Å²) in [7, 11) is 0. The Morgan fingerprint density at radius 2 is 2.14 bits per heavy atom. The lowest BCUT2D eigenvalue weighted by Crippen LogP contribution is -2.33. The molecule has 0 aromatic heterocycles. The molecule has 2 nitrogen and oxygen atoms in total. The average Bonchev–Trinajstić information content (AvgIpc) is 3.06. The van der Waals surface area contributed by atoms with E-state index in [9.17, 15) is 0 Å². The van der Waals surface area contributed by atoms with Gasteiger partial charge in [-0.05, 0) is 61.3 Å². The summed E-state index contributed by atoms with van der Waals surface area (Å²) in [5.74, 6) is 2.01. The van der Waals surface area contributed by atoms with Crippen molar-refractivity contribution in [1.82, 2.24) is 0 Å². The highest BCUT2D eigenvalue weighted by Gasteiger charge is 2.39. The van der Waals surface area contributed by atoms with Crippen molar-refractivity contribution in [2.24, 2.45) is 10.9 Å². The number of rotatable bonds is 1. The van der Waals surface area contributed by atoms with Crippen LogP contribution in [0, 0.1) is 5.92 Å². The summed E-state index contributed by atoms with van der Waals surface area (Å²) in [6.45, 7) is 2.38. The van der Waals surface area contributed by atoms with Gasteiger partial charge in [0.1, 0.15) is 0 Å². The maximum absolute atomic E-state index is 5.09. The zero-order valence-electron chi connectivity index (χ0n) is 12.8. The predicted molar refractivity (Wildman–Crippen MR) is 92.3 cm³/mol. The van der Waals surface area contributed by atoms with Gasteiger partial charge in [-0.25, -0.2) is 0 Å². The molecular formula is C18H24N2S. The molecule has 1 spiro atoms. The minimum absolute atomic E-state index is 0.237. The first-order valence-electron chi connectivity index (χ1n) is 8.34. The van der Waals surface area contributed by atoms with Crippen LogP contribution < -0.4 is 5.32 Å². The summed E-state index contributed by atoms with van der Waals surface area (Å²) in [6.07, 6.45) is 9.09. The molecule has 1 saturated carbocycles. The van der Waals surface area contributed by atoms with Crippen LogP contribution >= 0.6 is 11.8 Å². The first-order valence-corrected chi connectivity index (χ1v) is 9.33. The van der Waals surface area contributed by atoms with Gasteiger partial charge in [-0.2, -0.15) is 0 Å². The van der Waals surface area contributed by atoms with Gasteiger partial charge >= 0.3 is 0 Å². The van der Waals surface area contributed by atoms with E-state index in [0.717, 1.165) is 11.1 Å². The molecule has 1 aliphatic heterocycles. The lowest BCUT2D eigenvalue weighted by Gasteiger charge is -2.33. The molecule has 4 rings (SSSR count). The summed E-state index contributed by atoms with van der Waals surface area (Å²) >= 11 is 1.92. The fourth-order valence-electron chi connectivity index (χ4n) is 4.18. The molecule has 0 amide bonds. The highest BCUT2D eigenvalue weighted by Crippen LogP contribution is 2.42. The van der Waals surface area contributed by atoms with Gasteiger partial charge in [0.05, 0.1) is 5.54 Å². The van der Waals surface area contributed by atoms with Crippen molar-refractivity contribution >= 4 is 22.6 Å². The smallest absolute Gasteiger partial charge is 0.161 e. The summed E-state index contributed by atoms with van der Waals surface area (Å²) in [5, 5.41) is 4.71. The fraction of sp³-hybridized carbons (Fsp3) is 0.611. The number of thioether (sulfide) groups is 1. The molecule has 21 heavy (non-hydrogen) atoms. The van der Waals surface area contributed by atoms with Gasteiger partial charge in [0.25, 0.3) is 0 Å². The van der Waals surface area contributed by atoms with E-state index in [-0.39, 0.29) is 5.54 Å². The molecule has 3 heteroatoms. The Kier molecular flexibility index (Phi) is 3.49. The predicted octanol–water partition coefficient (Wildman–Crippen LogP) is 4.64. The van der Waals surface area contributed by atoms with E-state index in [4.69, 9.17) is 4.99 Å². The molecule has 112 valence electrons. The Labute approximate surface area is 131 Å². The maximum atomic E-state index is 5.09. The van der Waals surface area contributed by atoms with Crippen molar-refractivity contribution in [3.8, 4) is 0 Å². The monoisotopic (exact) mass is 300 g/mol. The number of hydrogen-bond donors (Lipinski definition) is 1. The second-order valence-electron chi connectivity index (χ2n) is 7.09. The van der Waals surface area contributed by atoms with Crippen molar-refractivity contribution in [2.45, 2.75) is 57.4 Å². The molecule has 1 heterocycles. The lowest BCUT2D eigenvalue weighted by atomic mass is 9.78. The van der Waals surface area contributed by atoms with Crippen LogP contribution in [0.3, 0.4) is 0 Å². The van der Waals surface area contributed by atoms with Crippen LogP contribution in [0.5, 0.6) is 0 Å². The fourth-order valence-corrected chi connectivity index (χ4v) is 5.37. The van der Waals surface area contributed by atoms with Gasteiger partial charge in [0, 0.05) is 11.4 Å². The first kappa shape index (κ1) is 13.7. The number of hydrogen-bond acceptors (Lipinski definition) is 3. The van der Waals surface area contributed by atoms with Gasteiger partial charge in [-0.3, -0.25) is 4.99 Å². The van der Waals surface area contributed by atoms with E-state index in [1.165, 1.54) is 61.9 Å². The number of benzene rings is 1. The van der Waals surface area contributed by atoms with Gasteiger partial charge in [0.2, 0.25) is 0 Å². The van der Waals surface area contributed by atoms with Crippen LogP contribution in [-0.4, -0.2) is 16.5 Å². The number of nitrogens with zero attached hydrogens (tertiary/aromatic N) is 1. The summed E-state index contributed by atoms with van der Waals surface area (Å²) < 4.78 is 0. The van der Waals surface area contributed by atoms with Gasteiger partial charge < -0.3 is 5.32 Å². The second-order valence-corrected chi connectivity index (χ2v) is 8.06. The van der Waals surface area contributed by atoms with Gasteiger partial charge in [-0.15, -0.1) is 0 Å². The zero-order chi connectivity index (χ0) is 14.3. The molecule has 0 bridgehead atoms. The molecule has 0 radical (unpaired) electrons. The van der Waals surface area contributed by atoms with Crippen molar-refractivity contribution < 1.29 is 0 Å². The highest BCUT2D eigenvalue weighted by atomic mass is 32.2. The Morgan fingerprint density at radius 3 is 3.05 bits per heavy atom. The van der Waals surface area contributed by atoms with Crippen molar-refractivity contribution in [3.05, 3.63) is 29.3 Å². The maximum Gasteiger partial charge on any atom is 0.161 e. The number of nitrogens with one attached hydrogen (secondary N) is 1. The standard InChI is InChI=1S/C18H24N2S/c1-13-4-3-9-18(11-13)12-21-17(20-18)19-16-8-7-14-5-2-6-15(14)10-16/h7-8,10,13H,2-6,9,11-12H2,1H3,(H,19,20). The minimum atomic E-state index is 0.237. The van der Waals surface area contributed by atoms with Crippen molar-refractivity contribution in [3.63, 3.8) is 0 Å². The van der Waals surface area contributed by atoms with E-state index in [1.807, 2.05) is 11.8 Å². The molecule has 2 unspecified atom stereocenters. The Morgan fingerprint density at radius 1 is 1.24 bits per heavy atom. The van der Waals surface area contributed by atoms with E-state index >= 15 is 0 Å². The third-order valence-corrected chi connectivity index (χ3v) is 6.38. The van der Waals surface area contributed by atoms with Crippen molar-refractivity contribution in [1.29, 1.82) is 0 Å². The van der Waals surface area contributed by atoms with Crippen molar-refractivity contribution in [2.75, 3.05) is 11.1 Å². The van der Waals surface area contributed by atoms with E-state index in [0.29, 0.717) is 0 Å². The number of fused-ring (bicyclic) bond motifs is 1. The first-order chi connectivity index (χ1) is 10.2. The Balaban J connectivity index is 1.50. The number of aliphatic imine (C=N–C) groups is 1. The van der Waals surface area contributed by atoms with Crippen LogP contribution in [-0.2, 0) is 12.8 Å².